The summed E-state index contributed by atoms with van der Waals surface area (Å²) in [6, 6.07) is 4.75. The van der Waals surface area contributed by atoms with Crippen LogP contribution in [0.4, 0.5) is 14.9 Å². The van der Waals surface area contributed by atoms with Gasteiger partial charge < -0.3 is 10.2 Å². The number of anilines is 1. The van der Waals surface area contributed by atoms with Gasteiger partial charge in [0, 0.05) is 18.8 Å². The lowest BCUT2D eigenvalue weighted by Crippen LogP contribution is -2.32. The van der Waals surface area contributed by atoms with Crippen LogP contribution in [0.5, 0.6) is 0 Å². The first kappa shape index (κ1) is 12.9. The smallest absolute Gasteiger partial charge is 0.321 e. The summed E-state index contributed by atoms with van der Waals surface area (Å²) in [5, 5.41) is 2.74. The van der Waals surface area contributed by atoms with E-state index in [1.807, 2.05) is 13.8 Å². The Balaban J connectivity index is 2.05. The minimum atomic E-state index is -0.260. The zero-order valence-corrected chi connectivity index (χ0v) is 10.9. The predicted octanol–water partition coefficient (Wildman–Crippen LogP) is 3.58. The topological polar surface area (TPSA) is 32.3 Å². The molecule has 1 saturated heterocycles. The molecule has 0 unspecified atom stereocenters. The Morgan fingerprint density at radius 2 is 2.00 bits per heavy atom. The van der Waals surface area contributed by atoms with Crippen molar-refractivity contribution in [2.24, 2.45) is 0 Å². The fraction of sp³-hybridized carbons (Fsp3) is 0.500. The van der Waals surface area contributed by atoms with Crippen LogP contribution in [-0.2, 0) is 0 Å². The van der Waals surface area contributed by atoms with Gasteiger partial charge in [0.15, 0.2) is 0 Å². The van der Waals surface area contributed by atoms with Crippen LogP contribution in [0.15, 0.2) is 18.2 Å². The van der Waals surface area contributed by atoms with E-state index in [9.17, 15) is 9.18 Å². The van der Waals surface area contributed by atoms with Gasteiger partial charge in [-0.1, -0.05) is 19.9 Å². The molecule has 2 rings (SSSR count). The summed E-state index contributed by atoms with van der Waals surface area (Å²) in [6.07, 6.45) is 2.10. The minimum Gasteiger partial charge on any atom is -0.325 e. The quantitative estimate of drug-likeness (QED) is 0.855. The molecule has 2 amide bonds. The molecule has 1 aromatic rings. The molecule has 1 aliphatic rings. The predicted molar refractivity (Wildman–Crippen MR) is 70.3 cm³/mol. The third kappa shape index (κ3) is 2.81. The molecule has 4 heteroatoms. The molecule has 98 valence electrons. The first-order chi connectivity index (χ1) is 8.58. The molecule has 0 saturated carbocycles. The Kier molecular flexibility index (Phi) is 3.84. The zero-order valence-electron chi connectivity index (χ0n) is 10.9. The Labute approximate surface area is 107 Å². The first-order valence-corrected chi connectivity index (χ1v) is 6.43. The molecule has 1 N–H and O–H groups in total. The van der Waals surface area contributed by atoms with Crippen molar-refractivity contribution in [3.63, 3.8) is 0 Å². The van der Waals surface area contributed by atoms with Gasteiger partial charge in [0.1, 0.15) is 5.82 Å². The van der Waals surface area contributed by atoms with E-state index in [0.717, 1.165) is 25.9 Å². The van der Waals surface area contributed by atoms with Gasteiger partial charge in [0.2, 0.25) is 0 Å². The fourth-order valence-electron chi connectivity index (χ4n) is 2.20. The number of carbonyl (C=O) groups excluding carboxylic acids is 1. The maximum absolute atomic E-state index is 13.8. The van der Waals surface area contributed by atoms with Crippen molar-refractivity contribution in [3.05, 3.63) is 29.6 Å². The number of nitrogens with one attached hydrogen (secondary N) is 1. The highest BCUT2D eigenvalue weighted by atomic mass is 19.1. The number of hydrogen-bond acceptors (Lipinski definition) is 1. The summed E-state index contributed by atoms with van der Waals surface area (Å²) >= 11 is 0. The Bertz CT molecular complexity index is 439. The summed E-state index contributed by atoms with van der Waals surface area (Å²) in [5.41, 5.74) is 1.20. The largest absolute Gasteiger partial charge is 0.325 e. The minimum absolute atomic E-state index is 0.135. The SMILES string of the molecule is CC(C)c1ccc(NC(=O)N2CCCC2)cc1F. The highest BCUT2D eigenvalue weighted by molar-refractivity contribution is 5.89. The van der Waals surface area contributed by atoms with Crippen molar-refractivity contribution in [3.8, 4) is 0 Å². The summed E-state index contributed by atoms with van der Waals surface area (Å²) in [7, 11) is 0. The van der Waals surface area contributed by atoms with E-state index in [2.05, 4.69) is 5.32 Å². The summed E-state index contributed by atoms with van der Waals surface area (Å²) in [4.78, 5) is 13.6. The number of hydrogen-bond donors (Lipinski definition) is 1. The highest BCUT2D eigenvalue weighted by Gasteiger charge is 2.18. The number of amides is 2. The molecular formula is C14H19FN2O. The van der Waals surface area contributed by atoms with Gasteiger partial charge >= 0.3 is 6.03 Å². The van der Waals surface area contributed by atoms with Crippen molar-refractivity contribution in [2.75, 3.05) is 18.4 Å². The summed E-state index contributed by atoms with van der Waals surface area (Å²) < 4.78 is 13.8. The second-order valence-electron chi connectivity index (χ2n) is 5.02. The number of rotatable bonds is 2. The van der Waals surface area contributed by atoms with E-state index in [-0.39, 0.29) is 17.8 Å². The normalized spacial score (nSPS) is 15.2. The van der Waals surface area contributed by atoms with Gasteiger partial charge in [-0.15, -0.1) is 0 Å². The van der Waals surface area contributed by atoms with Crippen molar-refractivity contribution in [1.29, 1.82) is 0 Å². The third-order valence-electron chi connectivity index (χ3n) is 3.27. The van der Waals surface area contributed by atoms with Gasteiger partial charge in [0.05, 0.1) is 0 Å². The molecule has 1 aliphatic heterocycles. The average Bonchev–Trinajstić information content (AvgIpc) is 2.81. The van der Waals surface area contributed by atoms with Crippen molar-refractivity contribution in [1.82, 2.24) is 4.90 Å². The van der Waals surface area contributed by atoms with Crippen LogP contribution in [0.1, 0.15) is 38.2 Å². The van der Waals surface area contributed by atoms with E-state index in [1.165, 1.54) is 6.07 Å². The maximum atomic E-state index is 13.8. The van der Waals surface area contributed by atoms with E-state index in [0.29, 0.717) is 11.3 Å². The van der Waals surface area contributed by atoms with Gasteiger partial charge in [-0.2, -0.15) is 0 Å². The number of carbonyl (C=O) groups is 1. The van der Waals surface area contributed by atoms with Gasteiger partial charge in [-0.25, -0.2) is 9.18 Å². The summed E-state index contributed by atoms with van der Waals surface area (Å²) in [6.45, 7) is 5.47. The number of nitrogens with zero attached hydrogens (tertiary/aromatic N) is 1. The molecule has 0 atom stereocenters. The van der Waals surface area contributed by atoms with Gasteiger partial charge in [-0.3, -0.25) is 0 Å². The second kappa shape index (κ2) is 5.38. The van der Waals surface area contributed by atoms with Crippen LogP contribution in [-0.4, -0.2) is 24.0 Å². The molecule has 0 radical (unpaired) electrons. The van der Waals surface area contributed by atoms with Crippen LogP contribution in [0, 0.1) is 5.82 Å². The number of urea groups is 1. The summed E-state index contributed by atoms with van der Waals surface area (Å²) in [5.74, 6) is -0.113. The van der Waals surface area contributed by atoms with Crippen LogP contribution in [0.2, 0.25) is 0 Å². The first-order valence-electron chi connectivity index (χ1n) is 6.43. The van der Waals surface area contributed by atoms with Crippen molar-refractivity contribution in [2.45, 2.75) is 32.6 Å². The Hall–Kier alpha value is -1.58. The van der Waals surface area contributed by atoms with Crippen molar-refractivity contribution >= 4 is 11.7 Å². The fourth-order valence-corrected chi connectivity index (χ4v) is 2.20. The highest BCUT2D eigenvalue weighted by Crippen LogP contribution is 2.22. The zero-order chi connectivity index (χ0) is 13.1. The number of halogens is 1. The monoisotopic (exact) mass is 250 g/mol. The lowest BCUT2D eigenvalue weighted by molar-refractivity contribution is 0.222. The Morgan fingerprint density at radius 1 is 1.33 bits per heavy atom. The molecule has 0 aromatic heterocycles. The molecule has 0 aliphatic carbocycles. The van der Waals surface area contributed by atoms with E-state index >= 15 is 0 Å². The number of likely N-dealkylation sites (tertiary alicyclic amines) is 1. The lowest BCUT2D eigenvalue weighted by Gasteiger charge is -2.16. The van der Waals surface area contributed by atoms with Gasteiger partial charge in [0.25, 0.3) is 0 Å². The van der Waals surface area contributed by atoms with E-state index in [4.69, 9.17) is 0 Å². The lowest BCUT2D eigenvalue weighted by atomic mass is 10.0. The Morgan fingerprint density at radius 3 is 2.56 bits per heavy atom. The molecule has 1 fully saturated rings. The van der Waals surface area contributed by atoms with Crippen molar-refractivity contribution < 1.29 is 9.18 Å². The molecule has 0 spiro atoms. The van der Waals surface area contributed by atoms with Crippen LogP contribution < -0.4 is 5.32 Å². The molecular weight excluding hydrogens is 231 g/mol. The average molecular weight is 250 g/mol. The van der Waals surface area contributed by atoms with E-state index < -0.39 is 0 Å². The van der Waals surface area contributed by atoms with Gasteiger partial charge in [-0.05, 0) is 36.5 Å². The number of benzene rings is 1. The molecule has 1 heterocycles. The maximum Gasteiger partial charge on any atom is 0.321 e. The van der Waals surface area contributed by atoms with Crippen LogP contribution >= 0.6 is 0 Å². The van der Waals surface area contributed by atoms with Crippen LogP contribution in [0.3, 0.4) is 0 Å². The molecule has 3 nitrogen and oxygen atoms in total. The molecule has 18 heavy (non-hydrogen) atoms. The molecule has 0 bridgehead atoms. The van der Waals surface area contributed by atoms with Crippen LogP contribution in [0.25, 0.3) is 0 Å². The third-order valence-corrected chi connectivity index (χ3v) is 3.27. The molecule has 1 aromatic carbocycles. The second-order valence-corrected chi connectivity index (χ2v) is 5.02. The van der Waals surface area contributed by atoms with E-state index in [1.54, 1.807) is 17.0 Å². The standard InChI is InChI=1S/C14H19FN2O/c1-10(2)12-6-5-11(9-13(12)15)16-14(18)17-7-3-4-8-17/h5-6,9-10H,3-4,7-8H2,1-2H3,(H,16,18).